The molecule has 0 aliphatic rings. The number of halogens is 1. The van der Waals surface area contributed by atoms with Crippen molar-refractivity contribution in [2.75, 3.05) is 5.75 Å². The van der Waals surface area contributed by atoms with Gasteiger partial charge in [0.15, 0.2) is 5.16 Å². The van der Waals surface area contributed by atoms with E-state index in [1.54, 1.807) is 6.20 Å². The Bertz CT molecular complexity index is 640. The summed E-state index contributed by atoms with van der Waals surface area (Å²) in [6.45, 7) is 4.04. The number of nitrogens with zero attached hydrogens (tertiary/aromatic N) is 2. The van der Waals surface area contributed by atoms with E-state index in [-0.39, 0.29) is 5.75 Å². The van der Waals surface area contributed by atoms with Crippen molar-refractivity contribution in [1.29, 1.82) is 0 Å². The average molecular weight is 311 g/mol. The van der Waals surface area contributed by atoms with Gasteiger partial charge in [-0.15, -0.1) is 0 Å². The van der Waals surface area contributed by atoms with Crippen molar-refractivity contribution in [3.05, 3.63) is 40.7 Å². The van der Waals surface area contributed by atoms with Crippen LogP contribution in [0.15, 0.2) is 29.6 Å². The first-order valence-electron chi connectivity index (χ1n) is 6.20. The second-order valence-electron chi connectivity index (χ2n) is 4.33. The summed E-state index contributed by atoms with van der Waals surface area (Å²) in [6, 6.07) is 5.66. The molecule has 0 bridgehead atoms. The Labute approximate surface area is 126 Å². The number of aromatic nitrogens is 2. The van der Waals surface area contributed by atoms with Crippen molar-refractivity contribution >= 4 is 29.3 Å². The number of imidazole rings is 1. The normalized spacial score (nSPS) is 10.8. The zero-order valence-corrected chi connectivity index (χ0v) is 12.8. The maximum Gasteiger partial charge on any atom is 0.313 e. The van der Waals surface area contributed by atoms with E-state index >= 15 is 0 Å². The standard InChI is InChI=1S/C14H15ClN2O2S/c1-3-11-7-16-14(20-8-13(18)19)17(11)12-6-10(15)5-4-9(12)2/h4-7H,3,8H2,1-2H3,(H,18,19). The maximum atomic E-state index is 10.7. The minimum atomic E-state index is -0.856. The van der Waals surface area contributed by atoms with Crippen LogP contribution >= 0.6 is 23.4 Å². The van der Waals surface area contributed by atoms with E-state index < -0.39 is 5.97 Å². The molecule has 4 nitrogen and oxygen atoms in total. The van der Waals surface area contributed by atoms with Gasteiger partial charge in [-0.1, -0.05) is 36.4 Å². The summed E-state index contributed by atoms with van der Waals surface area (Å²) in [7, 11) is 0. The zero-order chi connectivity index (χ0) is 14.7. The van der Waals surface area contributed by atoms with Gasteiger partial charge in [-0.25, -0.2) is 4.98 Å². The van der Waals surface area contributed by atoms with Crippen molar-refractivity contribution < 1.29 is 9.90 Å². The molecule has 1 aromatic heterocycles. The summed E-state index contributed by atoms with van der Waals surface area (Å²) < 4.78 is 1.98. The Hall–Kier alpha value is -1.46. The number of aliphatic carboxylic acids is 1. The van der Waals surface area contributed by atoms with Crippen LogP contribution in [-0.4, -0.2) is 26.4 Å². The van der Waals surface area contributed by atoms with Crippen LogP contribution < -0.4 is 0 Å². The first kappa shape index (κ1) is 14.9. The van der Waals surface area contributed by atoms with Gasteiger partial charge in [-0.2, -0.15) is 0 Å². The van der Waals surface area contributed by atoms with Gasteiger partial charge in [-0.05, 0) is 31.0 Å². The summed E-state index contributed by atoms with van der Waals surface area (Å²) >= 11 is 7.28. The van der Waals surface area contributed by atoms with Gasteiger partial charge >= 0.3 is 5.97 Å². The molecule has 0 unspecified atom stereocenters. The van der Waals surface area contributed by atoms with Crippen LogP contribution in [0.2, 0.25) is 5.02 Å². The summed E-state index contributed by atoms with van der Waals surface area (Å²) in [6.07, 6.45) is 2.59. The zero-order valence-electron chi connectivity index (χ0n) is 11.3. The number of hydrogen-bond acceptors (Lipinski definition) is 3. The molecule has 0 saturated carbocycles. The molecule has 0 radical (unpaired) electrons. The summed E-state index contributed by atoms with van der Waals surface area (Å²) in [4.78, 5) is 15.1. The molecule has 0 aliphatic carbocycles. The molecule has 0 atom stereocenters. The number of rotatable bonds is 5. The molecule has 2 rings (SSSR count). The Balaban J connectivity index is 2.50. The number of carboxylic acids is 1. The molecular weight excluding hydrogens is 296 g/mol. The lowest BCUT2D eigenvalue weighted by Crippen LogP contribution is -2.05. The predicted molar refractivity (Wildman–Crippen MR) is 81.0 cm³/mol. The van der Waals surface area contributed by atoms with Crippen LogP contribution in [0.25, 0.3) is 5.69 Å². The Kier molecular flexibility index (Phi) is 4.73. The highest BCUT2D eigenvalue weighted by Crippen LogP contribution is 2.27. The maximum absolute atomic E-state index is 10.7. The lowest BCUT2D eigenvalue weighted by molar-refractivity contribution is -0.133. The highest BCUT2D eigenvalue weighted by molar-refractivity contribution is 7.99. The number of aryl methyl sites for hydroxylation is 2. The van der Waals surface area contributed by atoms with Crippen molar-refractivity contribution in [2.45, 2.75) is 25.4 Å². The summed E-state index contributed by atoms with van der Waals surface area (Å²) in [5, 5.41) is 10.1. The van der Waals surface area contributed by atoms with Gasteiger partial charge < -0.3 is 5.11 Å². The second-order valence-corrected chi connectivity index (χ2v) is 5.71. The third-order valence-electron chi connectivity index (χ3n) is 2.90. The molecule has 1 N–H and O–H groups in total. The first-order chi connectivity index (χ1) is 9.52. The van der Waals surface area contributed by atoms with Crippen LogP contribution in [0, 0.1) is 6.92 Å². The number of benzene rings is 1. The molecule has 0 amide bonds. The molecule has 6 heteroatoms. The van der Waals surface area contributed by atoms with Gasteiger partial charge in [0.1, 0.15) is 0 Å². The van der Waals surface area contributed by atoms with Crippen molar-refractivity contribution in [3.8, 4) is 5.69 Å². The second kappa shape index (κ2) is 6.33. The summed E-state index contributed by atoms with van der Waals surface area (Å²) in [5.41, 5.74) is 3.04. The minimum Gasteiger partial charge on any atom is -0.481 e. The monoisotopic (exact) mass is 310 g/mol. The number of carboxylic acid groups (broad SMARTS) is 1. The van der Waals surface area contributed by atoms with Crippen molar-refractivity contribution in [2.24, 2.45) is 0 Å². The van der Waals surface area contributed by atoms with E-state index in [1.165, 1.54) is 11.8 Å². The van der Waals surface area contributed by atoms with Gasteiger partial charge in [0.2, 0.25) is 0 Å². The molecule has 1 heterocycles. The fraction of sp³-hybridized carbons (Fsp3) is 0.286. The molecule has 106 valence electrons. The van der Waals surface area contributed by atoms with E-state index in [0.717, 1.165) is 23.4 Å². The lowest BCUT2D eigenvalue weighted by atomic mass is 10.2. The van der Waals surface area contributed by atoms with E-state index in [4.69, 9.17) is 16.7 Å². The van der Waals surface area contributed by atoms with Gasteiger partial charge in [-0.3, -0.25) is 9.36 Å². The molecule has 0 fully saturated rings. The topological polar surface area (TPSA) is 55.1 Å². The molecule has 0 aliphatic heterocycles. The molecule has 1 aromatic carbocycles. The van der Waals surface area contributed by atoms with E-state index in [2.05, 4.69) is 4.98 Å². The fourth-order valence-electron chi connectivity index (χ4n) is 1.93. The number of carbonyl (C=O) groups is 1. The summed E-state index contributed by atoms with van der Waals surface area (Å²) in [5.74, 6) is -0.870. The molecule has 20 heavy (non-hydrogen) atoms. The Morgan fingerprint density at radius 3 is 2.90 bits per heavy atom. The third-order valence-corrected chi connectivity index (χ3v) is 4.07. The molecular formula is C14H15ClN2O2S. The molecule has 0 saturated heterocycles. The van der Waals surface area contributed by atoms with Gasteiger partial charge in [0.05, 0.1) is 11.4 Å². The van der Waals surface area contributed by atoms with Crippen molar-refractivity contribution in [3.63, 3.8) is 0 Å². The highest BCUT2D eigenvalue weighted by atomic mass is 35.5. The van der Waals surface area contributed by atoms with E-state index in [0.29, 0.717) is 10.2 Å². The number of hydrogen-bond donors (Lipinski definition) is 1. The fourth-order valence-corrected chi connectivity index (χ4v) is 2.82. The van der Waals surface area contributed by atoms with Crippen LogP contribution in [0.3, 0.4) is 0 Å². The van der Waals surface area contributed by atoms with Gasteiger partial charge in [0, 0.05) is 16.9 Å². The van der Waals surface area contributed by atoms with Crippen LogP contribution in [0.4, 0.5) is 0 Å². The Morgan fingerprint density at radius 1 is 1.50 bits per heavy atom. The molecule has 0 spiro atoms. The number of thioether (sulfide) groups is 1. The first-order valence-corrected chi connectivity index (χ1v) is 7.57. The molecule has 2 aromatic rings. The quantitative estimate of drug-likeness (QED) is 0.858. The van der Waals surface area contributed by atoms with E-state index in [9.17, 15) is 4.79 Å². The highest BCUT2D eigenvalue weighted by Gasteiger charge is 2.14. The Morgan fingerprint density at radius 2 is 2.25 bits per heavy atom. The predicted octanol–water partition coefficient (Wildman–Crippen LogP) is 3.57. The smallest absolute Gasteiger partial charge is 0.313 e. The van der Waals surface area contributed by atoms with Crippen LogP contribution in [-0.2, 0) is 11.2 Å². The average Bonchev–Trinajstić information content (AvgIpc) is 2.82. The van der Waals surface area contributed by atoms with Gasteiger partial charge in [0.25, 0.3) is 0 Å². The van der Waals surface area contributed by atoms with Crippen LogP contribution in [0.5, 0.6) is 0 Å². The largest absolute Gasteiger partial charge is 0.481 e. The van der Waals surface area contributed by atoms with Crippen LogP contribution in [0.1, 0.15) is 18.2 Å². The van der Waals surface area contributed by atoms with E-state index in [1.807, 2.05) is 36.6 Å². The van der Waals surface area contributed by atoms with Crippen molar-refractivity contribution in [1.82, 2.24) is 9.55 Å². The third kappa shape index (κ3) is 3.16. The SMILES string of the molecule is CCc1cnc(SCC(=O)O)n1-c1cc(Cl)ccc1C. The lowest BCUT2D eigenvalue weighted by Gasteiger charge is -2.13. The minimum absolute atomic E-state index is 0.0141.